The second kappa shape index (κ2) is 3.70. The molecule has 4 nitrogen and oxygen atoms in total. The molecule has 0 saturated carbocycles. The molecular weight excluding hydrogens is 200 g/mol. The van der Waals surface area contributed by atoms with E-state index in [1.54, 1.807) is 0 Å². The van der Waals surface area contributed by atoms with Crippen LogP contribution >= 0.6 is 0 Å². The molecule has 0 aliphatic rings. The number of nitrogens with two attached hydrogens (primary N) is 1. The molecule has 0 bridgehead atoms. The predicted molar refractivity (Wildman–Crippen MR) is 66.3 cm³/mol. The van der Waals surface area contributed by atoms with Gasteiger partial charge in [0.05, 0.1) is 5.69 Å². The van der Waals surface area contributed by atoms with Crippen LogP contribution in [0.4, 0.5) is 5.82 Å². The summed E-state index contributed by atoms with van der Waals surface area (Å²) in [4.78, 5) is 0. The van der Waals surface area contributed by atoms with E-state index in [9.17, 15) is 0 Å². The fourth-order valence-electron chi connectivity index (χ4n) is 2.32. The molecule has 2 heterocycles. The van der Waals surface area contributed by atoms with Crippen molar-refractivity contribution in [2.75, 3.05) is 5.73 Å². The molecular formula is C12H18N4. The van der Waals surface area contributed by atoms with E-state index >= 15 is 0 Å². The van der Waals surface area contributed by atoms with Gasteiger partial charge in [-0.25, -0.2) is 0 Å². The second-order valence-corrected chi connectivity index (χ2v) is 4.46. The van der Waals surface area contributed by atoms with E-state index in [2.05, 4.69) is 48.5 Å². The topological polar surface area (TPSA) is 59.6 Å². The largest absolute Gasteiger partial charge is 0.382 e. The number of nitrogen functional groups attached to an aromatic ring is 1. The highest BCUT2D eigenvalue weighted by Gasteiger charge is 2.13. The smallest absolute Gasteiger partial charge is 0.145 e. The quantitative estimate of drug-likeness (QED) is 0.814. The molecule has 86 valence electrons. The molecule has 0 fully saturated rings. The zero-order valence-electron chi connectivity index (χ0n) is 10.2. The fraction of sp³-hybridized carbons (Fsp3) is 0.417. The van der Waals surface area contributed by atoms with Crippen molar-refractivity contribution in [1.29, 1.82) is 0 Å². The zero-order chi connectivity index (χ0) is 11.9. The summed E-state index contributed by atoms with van der Waals surface area (Å²) in [5.41, 5.74) is 10.3. The maximum absolute atomic E-state index is 5.62. The van der Waals surface area contributed by atoms with Crippen molar-refractivity contribution < 1.29 is 0 Å². The summed E-state index contributed by atoms with van der Waals surface area (Å²) in [5.74, 6) is 0.532. The summed E-state index contributed by atoms with van der Waals surface area (Å²) in [6, 6.07) is 4.50. The van der Waals surface area contributed by atoms with Gasteiger partial charge < -0.3 is 10.3 Å². The first-order valence-corrected chi connectivity index (χ1v) is 5.50. The van der Waals surface area contributed by atoms with Gasteiger partial charge in [0.2, 0.25) is 0 Å². The van der Waals surface area contributed by atoms with E-state index in [1.807, 2.05) is 6.07 Å². The number of hydrogen-bond acceptors (Lipinski definition) is 2. The van der Waals surface area contributed by atoms with Gasteiger partial charge >= 0.3 is 0 Å². The third-order valence-electron chi connectivity index (χ3n) is 2.89. The van der Waals surface area contributed by atoms with E-state index in [0.717, 1.165) is 5.69 Å². The second-order valence-electron chi connectivity index (χ2n) is 4.46. The lowest BCUT2D eigenvalue weighted by molar-refractivity contribution is 0.575. The van der Waals surface area contributed by atoms with Crippen molar-refractivity contribution in [2.45, 2.75) is 33.7 Å². The van der Waals surface area contributed by atoms with Crippen molar-refractivity contribution in [3.8, 4) is 11.3 Å². The number of hydrogen-bond donors (Lipinski definition) is 2. The summed E-state index contributed by atoms with van der Waals surface area (Å²) in [6.07, 6.45) is 0. The van der Waals surface area contributed by atoms with Crippen LogP contribution < -0.4 is 5.73 Å². The lowest BCUT2D eigenvalue weighted by atomic mass is 10.2. The first-order chi connectivity index (χ1) is 7.50. The van der Waals surface area contributed by atoms with Crippen molar-refractivity contribution in [1.82, 2.24) is 14.8 Å². The normalized spacial score (nSPS) is 11.3. The van der Waals surface area contributed by atoms with Gasteiger partial charge in [0, 0.05) is 29.1 Å². The molecule has 0 unspecified atom stereocenters. The van der Waals surface area contributed by atoms with Crippen molar-refractivity contribution in [2.24, 2.45) is 0 Å². The minimum atomic E-state index is 0.467. The van der Waals surface area contributed by atoms with E-state index in [-0.39, 0.29) is 0 Å². The van der Waals surface area contributed by atoms with Crippen LogP contribution in [0, 0.1) is 13.8 Å². The molecule has 0 radical (unpaired) electrons. The van der Waals surface area contributed by atoms with Gasteiger partial charge in [-0.1, -0.05) is 0 Å². The maximum atomic E-state index is 5.62. The van der Waals surface area contributed by atoms with Crippen LogP contribution in [0.1, 0.15) is 31.3 Å². The number of aromatic nitrogens is 3. The zero-order valence-corrected chi connectivity index (χ0v) is 10.2. The van der Waals surface area contributed by atoms with Crippen LogP contribution in [0.15, 0.2) is 12.1 Å². The summed E-state index contributed by atoms with van der Waals surface area (Å²) in [7, 11) is 0. The highest BCUT2D eigenvalue weighted by atomic mass is 15.2. The Kier molecular flexibility index (Phi) is 2.50. The molecule has 0 amide bonds. The molecule has 0 aromatic carbocycles. The molecule has 0 aliphatic heterocycles. The first-order valence-electron chi connectivity index (χ1n) is 5.50. The molecule has 2 rings (SSSR count). The predicted octanol–water partition coefficient (Wildman–Crippen LogP) is 2.66. The van der Waals surface area contributed by atoms with Gasteiger partial charge in [-0.3, -0.25) is 5.10 Å². The molecule has 0 atom stereocenters. The minimum absolute atomic E-state index is 0.467. The molecule has 4 heteroatoms. The molecule has 2 aromatic heterocycles. The minimum Gasteiger partial charge on any atom is -0.382 e. The van der Waals surface area contributed by atoms with Crippen LogP contribution in [0.5, 0.6) is 0 Å². The summed E-state index contributed by atoms with van der Waals surface area (Å²) >= 11 is 0. The van der Waals surface area contributed by atoms with E-state index in [0.29, 0.717) is 11.9 Å². The number of nitrogens with one attached hydrogen (secondary N) is 1. The van der Waals surface area contributed by atoms with E-state index < -0.39 is 0 Å². The van der Waals surface area contributed by atoms with Crippen LogP contribution in [-0.2, 0) is 0 Å². The Morgan fingerprint density at radius 1 is 1.31 bits per heavy atom. The number of aromatic amines is 1. The SMILES string of the molecule is Cc1cc(-c2cc(N)n[nH]2)c(C)n1C(C)C. The summed E-state index contributed by atoms with van der Waals surface area (Å²) < 4.78 is 2.31. The fourth-order valence-corrected chi connectivity index (χ4v) is 2.32. The Labute approximate surface area is 95.5 Å². The Bertz CT molecular complexity index is 505. The number of nitrogens with zero attached hydrogens (tertiary/aromatic N) is 2. The Hall–Kier alpha value is -1.71. The Morgan fingerprint density at radius 2 is 2.00 bits per heavy atom. The number of anilines is 1. The molecule has 16 heavy (non-hydrogen) atoms. The molecule has 0 saturated heterocycles. The Balaban J connectivity index is 2.55. The Morgan fingerprint density at radius 3 is 2.44 bits per heavy atom. The van der Waals surface area contributed by atoms with Gasteiger partial charge in [-0.05, 0) is 33.8 Å². The number of aryl methyl sites for hydroxylation is 1. The lowest BCUT2D eigenvalue weighted by Crippen LogP contribution is -2.04. The van der Waals surface area contributed by atoms with Gasteiger partial charge in [-0.2, -0.15) is 5.10 Å². The molecule has 0 aliphatic carbocycles. The lowest BCUT2D eigenvalue weighted by Gasteiger charge is -2.13. The van der Waals surface area contributed by atoms with Gasteiger partial charge in [0.25, 0.3) is 0 Å². The van der Waals surface area contributed by atoms with Crippen LogP contribution in [0.3, 0.4) is 0 Å². The highest BCUT2D eigenvalue weighted by molar-refractivity contribution is 5.66. The van der Waals surface area contributed by atoms with Gasteiger partial charge in [0.1, 0.15) is 5.82 Å². The van der Waals surface area contributed by atoms with Crippen molar-refractivity contribution in [3.05, 3.63) is 23.5 Å². The number of H-pyrrole nitrogens is 1. The maximum Gasteiger partial charge on any atom is 0.145 e. The first kappa shape index (κ1) is 10.8. The third-order valence-corrected chi connectivity index (χ3v) is 2.89. The van der Waals surface area contributed by atoms with Crippen LogP contribution in [0.25, 0.3) is 11.3 Å². The number of rotatable bonds is 2. The molecule has 3 N–H and O–H groups in total. The summed E-state index contributed by atoms with van der Waals surface area (Å²) in [5, 5.41) is 6.92. The van der Waals surface area contributed by atoms with Crippen LogP contribution in [0.2, 0.25) is 0 Å². The van der Waals surface area contributed by atoms with E-state index in [4.69, 9.17) is 5.73 Å². The molecule has 2 aromatic rings. The summed E-state index contributed by atoms with van der Waals surface area (Å²) in [6.45, 7) is 8.62. The van der Waals surface area contributed by atoms with Crippen LogP contribution in [-0.4, -0.2) is 14.8 Å². The monoisotopic (exact) mass is 218 g/mol. The average molecular weight is 218 g/mol. The van der Waals surface area contributed by atoms with Gasteiger partial charge in [-0.15, -0.1) is 0 Å². The average Bonchev–Trinajstić information content (AvgIpc) is 2.70. The van der Waals surface area contributed by atoms with Crippen molar-refractivity contribution in [3.63, 3.8) is 0 Å². The van der Waals surface area contributed by atoms with Crippen molar-refractivity contribution >= 4 is 5.82 Å². The third kappa shape index (κ3) is 1.60. The standard InChI is InChI=1S/C12H18N4/c1-7(2)16-8(3)5-10(9(16)4)11-6-12(13)15-14-11/h5-7H,1-4H3,(H3,13,14,15). The molecule has 0 spiro atoms. The highest BCUT2D eigenvalue weighted by Crippen LogP contribution is 2.28. The van der Waals surface area contributed by atoms with E-state index in [1.165, 1.54) is 17.0 Å². The van der Waals surface area contributed by atoms with Gasteiger partial charge in [0.15, 0.2) is 0 Å².